The third kappa shape index (κ3) is 4.53. The van der Waals surface area contributed by atoms with Crippen molar-refractivity contribution in [2.75, 3.05) is 27.3 Å². The van der Waals surface area contributed by atoms with Crippen LogP contribution in [-0.4, -0.2) is 49.9 Å². The minimum Gasteiger partial charge on any atom is -0.493 e. The molecule has 25 heavy (non-hydrogen) atoms. The van der Waals surface area contributed by atoms with Gasteiger partial charge in [-0.2, -0.15) is 0 Å². The Morgan fingerprint density at radius 1 is 1.40 bits per heavy atom. The van der Waals surface area contributed by atoms with Gasteiger partial charge in [0, 0.05) is 24.4 Å². The molecule has 0 aromatic heterocycles. The van der Waals surface area contributed by atoms with Gasteiger partial charge in [-0.15, -0.1) is 6.58 Å². The fourth-order valence-corrected chi connectivity index (χ4v) is 2.73. The van der Waals surface area contributed by atoms with E-state index >= 15 is 0 Å². The van der Waals surface area contributed by atoms with Crippen molar-refractivity contribution >= 4 is 11.6 Å². The number of rotatable bonds is 8. The average molecular weight is 346 g/mol. The van der Waals surface area contributed by atoms with E-state index in [0.29, 0.717) is 31.0 Å². The average Bonchev–Trinajstić information content (AvgIpc) is 3.08. The summed E-state index contributed by atoms with van der Waals surface area (Å²) in [6.45, 7) is 8.49. The maximum atomic E-state index is 12.3. The van der Waals surface area contributed by atoms with Crippen LogP contribution in [-0.2, 0) is 9.63 Å². The highest BCUT2D eigenvalue weighted by Crippen LogP contribution is 2.29. The van der Waals surface area contributed by atoms with E-state index in [1.54, 1.807) is 25.2 Å². The second-order valence-electron chi connectivity index (χ2n) is 6.23. The number of amides is 1. The zero-order valence-corrected chi connectivity index (χ0v) is 15.3. The molecule has 0 N–H and O–H groups in total. The monoisotopic (exact) mass is 346 g/mol. The van der Waals surface area contributed by atoms with Crippen LogP contribution < -0.4 is 9.47 Å². The Labute approximate surface area is 149 Å². The van der Waals surface area contributed by atoms with Crippen LogP contribution in [0, 0.1) is 5.92 Å². The largest absolute Gasteiger partial charge is 0.493 e. The van der Waals surface area contributed by atoms with Gasteiger partial charge in [0.2, 0.25) is 5.91 Å². The third-order valence-electron chi connectivity index (χ3n) is 4.03. The standard InChI is InChI=1S/C19H26N2O4/c1-6-9-21(19(22)13(2)3)12-15-11-16(20-25-15)14-7-8-17(23-4)18(10-14)24-5/h6-8,10,13,15H,1,9,11-12H2,2-5H3/t15-/m0/s1. The van der Waals surface area contributed by atoms with Gasteiger partial charge in [0.15, 0.2) is 17.6 Å². The molecule has 1 aromatic carbocycles. The van der Waals surface area contributed by atoms with E-state index in [4.69, 9.17) is 14.3 Å². The first kappa shape index (κ1) is 18.8. The lowest BCUT2D eigenvalue weighted by Crippen LogP contribution is -2.40. The summed E-state index contributed by atoms with van der Waals surface area (Å²) >= 11 is 0. The molecular weight excluding hydrogens is 320 g/mol. The quantitative estimate of drug-likeness (QED) is 0.679. The van der Waals surface area contributed by atoms with Crippen LogP contribution in [0.3, 0.4) is 0 Å². The van der Waals surface area contributed by atoms with Gasteiger partial charge in [-0.3, -0.25) is 4.79 Å². The van der Waals surface area contributed by atoms with Crippen molar-refractivity contribution in [3.63, 3.8) is 0 Å². The Balaban J connectivity index is 2.05. The number of benzene rings is 1. The Kier molecular flexibility index (Phi) is 6.44. The molecule has 1 aliphatic rings. The summed E-state index contributed by atoms with van der Waals surface area (Å²) in [6.07, 6.45) is 2.20. The lowest BCUT2D eigenvalue weighted by atomic mass is 10.0. The SMILES string of the molecule is C=CCN(C[C@@H]1CC(c2ccc(OC)c(OC)c2)=NO1)C(=O)C(C)C. The van der Waals surface area contributed by atoms with Gasteiger partial charge in [0.25, 0.3) is 0 Å². The molecule has 1 aromatic rings. The van der Waals surface area contributed by atoms with E-state index in [-0.39, 0.29) is 17.9 Å². The molecule has 0 aliphatic carbocycles. The van der Waals surface area contributed by atoms with Crippen molar-refractivity contribution in [1.29, 1.82) is 0 Å². The summed E-state index contributed by atoms with van der Waals surface area (Å²) in [6, 6.07) is 5.65. The first-order chi connectivity index (χ1) is 12.0. The molecule has 0 radical (unpaired) electrons. The van der Waals surface area contributed by atoms with Crippen molar-refractivity contribution in [2.45, 2.75) is 26.4 Å². The zero-order valence-electron chi connectivity index (χ0n) is 15.3. The molecule has 6 nitrogen and oxygen atoms in total. The molecule has 1 atom stereocenters. The van der Waals surface area contributed by atoms with Crippen molar-refractivity contribution in [3.05, 3.63) is 36.4 Å². The number of methoxy groups -OCH3 is 2. The van der Waals surface area contributed by atoms with Crippen molar-refractivity contribution < 1.29 is 19.1 Å². The van der Waals surface area contributed by atoms with E-state index in [1.165, 1.54) is 0 Å². The van der Waals surface area contributed by atoms with Gasteiger partial charge in [0.05, 0.1) is 26.5 Å². The van der Waals surface area contributed by atoms with Crippen LogP contribution in [0.25, 0.3) is 0 Å². The topological polar surface area (TPSA) is 60.4 Å². The van der Waals surface area contributed by atoms with E-state index in [2.05, 4.69) is 11.7 Å². The zero-order chi connectivity index (χ0) is 18.4. The Morgan fingerprint density at radius 2 is 2.12 bits per heavy atom. The van der Waals surface area contributed by atoms with Gasteiger partial charge in [-0.05, 0) is 18.2 Å². The highest BCUT2D eigenvalue weighted by atomic mass is 16.6. The molecule has 2 rings (SSSR count). The molecule has 6 heteroatoms. The molecule has 0 spiro atoms. The highest BCUT2D eigenvalue weighted by Gasteiger charge is 2.27. The predicted molar refractivity (Wildman–Crippen MR) is 97.2 cm³/mol. The minimum atomic E-state index is -0.161. The number of hydrogen-bond acceptors (Lipinski definition) is 5. The number of carbonyl (C=O) groups is 1. The van der Waals surface area contributed by atoms with Gasteiger partial charge < -0.3 is 19.2 Å². The third-order valence-corrected chi connectivity index (χ3v) is 4.03. The number of nitrogens with zero attached hydrogens (tertiary/aromatic N) is 2. The number of carbonyl (C=O) groups excluding carboxylic acids is 1. The summed E-state index contributed by atoms with van der Waals surface area (Å²) in [5, 5.41) is 4.19. The molecule has 1 heterocycles. The molecule has 136 valence electrons. The smallest absolute Gasteiger partial charge is 0.225 e. The lowest BCUT2D eigenvalue weighted by molar-refractivity contribution is -0.135. The Morgan fingerprint density at radius 3 is 2.72 bits per heavy atom. The van der Waals surface area contributed by atoms with Crippen LogP contribution in [0.4, 0.5) is 0 Å². The number of ether oxygens (including phenoxy) is 2. The van der Waals surface area contributed by atoms with Crippen molar-refractivity contribution in [1.82, 2.24) is 4.90 Å². The summed E-state index contributed by atoms with van der Waals surface area (Å²) in [5.74, 6) is 1.34. The van der Waals surface area contributed by atoms with Crippen LogP contribution in [0.5, 0.6) is 11.5 Å². The predicted octanol–water partition coefficient (Wildman–Crippen LogP) is 2.87. The van der Waals surface area contributed by atoms with Gasteiger partial charge >= 0.3 is 0 Å². The molecule has 1 aliphatic heterocycles. The molecule has 0 saturated heterocycles. The van der Waals surface area contributed by atoms with Crippen LogP contribution in [0.2, 0.25) is 0 Å². The van der Waals surface area contributed by atoms with Crippen LogP contribution in [0.15, 0.2) is 36.0 Å². The second kappa shape index (κ2) is 8.55. The van der Waals surface area contributed by atoms with E-state index in [0.717, 1.165) is 11.3 Å². The molecule has 0 unspecified atom stereocenters. The van der Waals surface area contributed by atoms with Gasteiger partial charge in [-0.1, -0.05) is 25.1 Å². The van der Waals surface area contributed by atoms with E-state index in [1.807, 2.05) is 32.0 Å². The summed E-state index contributed by atoms with van der Waals surface area (Å²) in [7, 11) is 3.20. The van der Waals surface area contributed by atoms with Gasteiger partial charge in [-0.25, -0.2) is 0 Å². The fourth-order valence-electron chi connectivity index (χ4n) is 2.73. The first-order valence-corrected chi connectivity index (χ1v) is 8.34. The van der Waals surface area contributed by atoms with Crippen molar-refractivity contribution in [3.8, 4) is 11.5 Å². The molecular formula is C19H26N2O4. The Hall–Kier alpha value is -2.50. The first-order valence-electron chi connectivity index (χ1n) is 8.34. The van der Waals surface area contributed by atoms with Crippen molar-refractivity contribution in [2.24, 2.45) is 11.1 Å². The highest BCUT2D eigenvalue weighted by molar-refractivity contribution is 6.01. The van der Waals surface area contributed by atoms with E-state index < -0.39 is 0 Å². The van der Waals surface area contributed by atoms with E-state index in [9.17, 15) is 4.79 Å². The summed E-state index contributed by atoms with van der Waals surface area (Å²) in [5.41, 5.74) is 1.76. The maximum Gasteiger partial charge on any atom is 0.225 e. The second-order valence-corrected chi connectivity index (χ2v) is 6.23. The summed E-state index contributed by atoms with van der Waals surface area (Å²) in [4.78, 5) is 19.6. The minimum absolute atomic E-state index is 0.0624. The fraction of sp³-hybridized carbons (Fsp3) is 0.474. The molecule has 0 fully saturated rings. The Bertz CT molecular complexity index is 655. The number of oxime groups is 1. The number of hydrogen-bond donors (Lipinski definition) is 0. The molecule has 0 bridgehead atoms. The maximum absolute atomic E-state index is 12.3. The van der Waals surface area contributed by atoms with Crippen LogP contribution >= 0.6 is 0 Å². The molecule has 1 amide bonds. The lowest BCUT2D eigenvalue weighted by Gasteiger charge is -2.25. The van der Waals surface area contributed by atoms with Crippen LogP contribution in [0.1, 0.15) is 25.8 Å². The normalized spacial score (nSPS) is 16.2. The van der Waals surface area contributed by atoms with Gasteiger partial charge in [0.1, 0.15) is 0 Å². The summed E-state index contributed by atoms with van der Waals surface area (Å²) < 4.78 is 10.6. The molecule has 0 saturated carbocycles.